The molecular weight excluding hydrogens is 306 g/mol. The number of carbonyl (C=O) groups is 2. The zero-order chi connectivity index (χ0) is 17.2. The van der Waals surface area contributed by atoms with Crippen LogP contribution in [-0.2, 0) is 20.7 Å². The molecule has 2 rings (SSSR count). The van der Waals surface area contributed by atoms with Crippen molar-refractivity contribution >= 4 is 18.0 Å². The van der Waals surface area contributed by atoms with Crippen molar-refractivity contribution in [1.82, 2.24) is 4.90 Å². The lowest BCUT2D eigenvalue weighted by atomic mass is 10.1. The molecule has 0 aliphatic heterocycles. The van der Waals surface area contributed by atoms with Gasteiger partial charge in [-0.05, 0) is 30.2 Å². The molecule has 5 nitrogen and oxygen atoms in total. The number of benzene rings is 1. The van der Waals surface area contributed by atoms with Crippen molar-refractivity contribution in [3.63, 3.8) is 0 Å². The van der Waals surface area contributed by atoms with Crippen molar-refractivity contribution in [3.05, 3.63) is 66.1 Å². The first-order valence-corrected chi connectivity index (χ1v) is 7.80. The molecule has 1 heterocycles. The molecule has 0 aliphatic carbocycles. The number of esters is 1. The van der Waals surface area contributed by atoms with Crippen molar-refractivity contribution in [2.24, 2.45) is 0 Å². The average molecular weight is 327 g/mol. The Balaban J connectivity index is 1.97. The van der Waals surface area contributed by atoms with Gasteiger partial charge in [0, 0.05) is 19.2 Å². The predicted molar refractivity (Wildman–Crippen MR) is 91.1 cm³/mol. The molecule has 0 unspecified atom stereocenters. The van der Waals surface area contributed by atoms with E-state index in [1.807, 2.05) is 30.3 Å². The number of rotatable bonds is 8. The summed E-state index contributed by atoms with van der Waals surface area (Å²) in [6, 6.07) is 13.4. The van der Waals surface area contributed by atoms with Crippen LogP contribution in [0.5, 0.6) is 0 Å². The van der Waals surface area contributed by atoms with Crippen molar-refractivity contribution in [2.75, 3.05) is 20.2 Å². The molecule has 1 aromatic carbocycles. The molecule has 0 aliphatic rings. The van der Waals surface area contributed by atoms with E-state index in [4.69, 9.17) is 4.42 Å². The molecule has 0 atom stereocenters. The fraction of sp³-hybridized carbons (Fsp3) is 0.263. The van der Waals surface area contributed by atoms with E-state index in [0.717, 1.165) is 12.0 Å². The van der Waals surface area contributed by atoms with Gasteiger partial charge < -0.3 is 14.1 Å². The maximum absolute atomic E-state index is 12.4. The molecule has 0 saturated heterocycles. The van der Waals surface area contributed by atoms with Crippen molar-refractivity contribution < 1.29 is 18.7 Å². The second-order valence-corrected chi connectivity index (χ2v) is 5.24. The smallest absolute Gasteiger partial charge is 0.307 e. The minimum absolute atomic E-state index is 0.161. The number of carbonyl (C=O) groups excluding carboxylic acids is 2. The average Bonchev–Trinajstić information content (AvgIpc) is 3.14. The summed E-state index contributed by atoms with van der Waals surface area (Å²) in [7, 11) is 1.34. The van der Waals surface area contributed by atoms with Gasteiger partial charge in [-0.25, -0.2) is 0 Å². The molecular formula is C19H21NO4. The van der Waals surface area contributed by atoms with Crippen LogP contribution in [0.4, 0.5) is 0 Å². The summed E-state index contributed by atoms with van der Waals surface area (Å²) in [6.07, 6.45) is 5.53. The number of amides is 1. The van der Waals surface area contributed by atoms with E-state index < -0.39 is 0 Å². The number of hydrogen-bond donors (Lipinski definition) is 0. The van der Waals surface area contributed by atoms with Gasteiger partial charge in [-0.3, -0.25) is 9.59 Å². The zero-order valence-electron chi connectivity index (χ0n) is 13.7. The van der Waals surface area contributed by atoms with Gasteiger partial charge in [0.1, 0.15) is 5.76 Å². The van der Waals surface area contributed by atoms with Crippen LogP contribution in [0.3, 0.4) is 0 Å². The fourth-order valence-electron chi connectivity index (χ4n) is 2.21. The molecule has 24 heavy (non-hydrogen) atoms. The Bertz CT molecular complexity index is 662. The molecule has 0 bridgehead atoms. The van der Waals surface area contributed by atoms with Crippen LogP contribution in [0.25, 0.3) is 6.08 Å². The van der Waals surface area contributed by atoms with Crippen molar-refractivity contribution in [3.8, 4) is 0 Å². The van der Waals surface area contributed by atoms with Gasteiger partial charge in [0.2, 0.25) is 5.91 Å². The second-order valence-electron chi connectivity index (χ2n) is 5.24. The van der Waals surface area contributed by atoms with Gasteiger partial charge in [-0.1, -0.05) is 30.3 Å². The van der Waals surface area contributed by atoms with E-state index in [-0.39, 0.29) is 18.3 Å². The van der Waals surface area contributed by atoms with Gasteiger partial charge in [-0.15, -0.1) is 0 Å². The predicted octanol–water partition coefficient (Wildman–Crippen LogP) is 2.93. The first kappa shape index (κ1) is 17.5. The van der Waals surface area contributed by atoms with E-state index >= 15 is 0 Å². The van der Waals surface area contributed by atoms with Crippen LogP contribution in [0.15, 0.2) is 59.2 Å². The lowest BCUT2D eigenvalue weighted by molar-refractivity contribution is -0.141. The number of nitrogens with zero attached hydrogens (tertiary/aromatic N) is 1. The summed E-state index contributed by atoms with van der Waals surface area (Å²) in [5.74, 6) is 0.119. The largest absolute Gasteiger partial charge is 0.469 e. The van der Waals surface area contributed by atoms with E-state index in [0.29, 0.717) is 18.8 Å². The Morgan fingerprint density at radius 3 is 2.58 bits per heavy atom. The summed E-state index contributed by atoms with van der Waals surface area (Å²) < 4.78 is 9.83. The Morgan fingerprint density at radius 1 is 1.12 bits per heavy atom. The molecule has 0 spiro atoms. The molecule has 1 aromatic heterocycles. The first-order chi connectivity index (χ1) is 11.7. The standard InChI is InChI=1S/C19H21NO4/c1-23-19(22)12-14-20(13-11-16-6-3-2-4-7-16)18(21)10-9-17-8-5-15-24-17/h2-10,15H,11-14H2,1H3/b10-9+. The minimum Gasteiger partial charge on any atom is -0.469 e. The monoisotopic (exact) mass is 327 g/mol. The Morgan fingerprint density at radius 2 is 1.92 bits per heavy atom. The Kier molecular flexibility index (Phi) is 6.83. The highest BCUT2D eigenvalue weighted by atomic mass is 16.5. The molecule has 0 radical (unpaired) electrons. The molecule has 5 heteroatoms. The quantitative estimate of drug-likeness (QED) is 0.552. The summed E-state index contributed by atoms with van der Waals surface area (Å²) >= 11 is 0. The van der Waals surface area contributed by atoms with E-state index in [9.17, 15) is 9.59 Å². The molecule has 2 aromatic rings. The highest BCUT2D eigenvalue weighted by Crippen LogP contribution is 2.06. The van der Waals surface area contributed by atoms with Gasteiger partial charge >= 0.3 is 5.97 Å². The fourth-order valence-corrected chi connectivity index (χ4v) is 2.21. The van der Waals surface area contributed by atoms with E-state index in [1.54, 1.807) is 29.4 Å². The number of hydrogen-bond acceptors (Lipinski definition) is 4. The van der Waals surface area contributed by atoms with Crippen LogP contribution in [0.2, 0.25) is 0 Å². The second kappa shape index (κ2) is 9.35. The van der Waals surface area contributed by atoms with Crippen LogP contribution in [0, 0.1) is 0 Å². The summed E-state index contributed by atoms with van der Waals surface area (Å²) in [5.41, 5.74) is 1.14. The third kappa shape index (κ3) is 5.76. The molecule has 126 valence electrons. The van der Waals surface area contributed by atoms with Gasteiger partial charge in [0.15, 0.2) is 0 Å². The number of ether oxygens (including phenoxy) is 1. The lowest BCUT2D eigenvalue weighted by Crippen LogP contribution is -2.33. The molecule has 1 amide bonds. The normalized spacial score (nSPS) is 10.7. The minimum atomic E-state index is -0.331. The van der Waals surface area contributed by atoms with Gasteiger partial charge in [-0.2, -0.15) is 0 Å². The maximum Gasteiger partial charge on any atom is 0.307 e. The SMILES string of the molecule is COC(=O)CCN(CCc1ccccc1)C(=O)/C=C/c1ccco1. The highest BCUT2D eigenvalue weighted by molar-refractivity contribution is 5.91. The van der Waals surface area contributed by atoms with Crippen molar-refractivity contribution in [2.45, 2.75) is 12.8 Å². The molecule has 0 saturated carbocycles. The Labute approximate surface area is 141 Å². The number of methoxy groups -OCH3 is 1. The summed E-state index contributed by atoms with van der Waals surface area (Å²) in [4.78, 5) is 25.4. The van der Waals surface area contributed by atoms with Crippen LogP contribution >= 0.6 is 0 Å². The van der Waals surface area contributed by atoms with Gasteiger partial charge in [0.05, 0.1) is 19.8 Å². The molecule has 0 N–H and O–H groups in total. The van der Waals surface area contributed by atoms with Crippen LogP contribution < -0.4 is 0 Å². The molecule has 0 fully saturated rings. The first-order valence-electron chi connectivity index (χ1n) is 7.80. The lowest BCUT2D eigenvalue weighted by Gasteiger charge is -2.20. The van der Waals surface area contributed by atoms with Gasteiger partial charge in [0.25, 0.3) is 0 Å². The third-order valence-corrected chi connectivity index (χ3v) is 3.57. The summed E-state index contributed by atoms with van der Waals surface area (Å²) in [5, 5.41) is 0. The van der Waals surface area contributed by atoms with Crippen molar-refractivity contribution in [1.29, 1.82) is 0 Å². The number of furan rings is 1. The zero-order valence-corrected chi connectivity index (χ0v) is 13.7. The summed E-state index contributed by atoms with van der Waals surface area (Å²) in [6.45, 7) is 0.850. The van der Waals surface area contributed by atoms with Crippen LogP contribution in [-0.4, -0.2) is 37.0 Å². The van der Waals surface area contributed by atoms with Crippen LogP contribution in [0.1, 0.15) is 17.7 Å². The van der Waals surface area contributed by atoms with E-state index in [2.05, 4.69) is 4.74 Å². The topological polar surface area (TPSA) is 59.8 Å². The Hall–Kier alpha value is -2.82. The third-order valence-electron chi connectivity index (χ3n) is 3.57. The maximum atomic E-state index is 12.4. The van der Waals surface area contributed by atoms with E-state index in [1.165, 1.54) is 13.2 Å². The highest BCUT2D eigenvalue weighted by Gasteiger charge is 2.13.